The maximum Gasteiger partial charge on any atom is 0.323 e. The van der Waals surface area contributed by atoms with Crippen molar-refractivity contribution in [2.45, 2.75) is 69.7 Å². The molecule has 0 saturated heterocycles. The summed E-state index contributed by atoms with van der Waals surface area (Å²) < 4.78 is 0. The van der Waals surface area contributed by atoms with Crippen LogP contribution in [0.15, 0.2) is 0 Å². The molecule has 0 aliphatic heterocycles. The highest BCUT2D eigenvalue weighted by Gasteiger charge is 2.39. The van der Waals surface area contributed by atoms with Crippen LogP contribution >= 0.6 is 11.8 Å². The highest BCUT2D eigenvalue weighted by Crippen LogP contribution is 2.28. The first-order valence-electron chi connectivity index (χ1n) is 6.60. The van der Waals surface area contributed by atoms with Gasteiger partial charge >= 0.3 is 5.97 Å². The van der Waals surface area contributed by atoms with E-state index in [0.29, 0.717) is 17.7 Å². The number of carboxylic acid groups (broad SMARTS) is 1. The van der Waals surface area contributed by atoms with E-state index < -0.39 is 11.5 Å². The Hall–Kier alpha value is -0.220. The van der Waals surface area contributed by atoms with Gasteiger partial charge in [-0.2, -0.15) is 11.8 Å². The molecule has 0 aromatic carbocycles. The van der Waals surface area contributed by atoms with Crippen LogP contribution in [0.1, 0.15) is 52.9 Å². The van der Waals surface area contributed by atoms with Crippen molar-refractivity contribution in [3.8, 4) is 0 Å². The van der Waals surface area contributed by atoms with Crippen LogP contribution in [-0.4, -0.2) is 33.7 Å². The van der Waals surface area contributed by atoms with Gasteiger partial charge in [0.05, 0.1) is 0 Å². The number of nitrogens with one attached hydrogen (secondary N) is 1. The number of thioether (sulfide) groups is 1. The normalized spacial score (nSPS) is 20.9. The minimum absolute atomic E-state index is 0.397. The molecule has 1 rings (SSSR count). The zero-order valence-corrected chi connectivity index (χ0v) is 12.0. The summed E-state index contributed by atoms with van der Waals surface area (Å²) in [7, 11) is 0. The van der Waals surface area contributed by atoms with Crippen molar-refractivity contribution < 1.29 is 9.90 Å². The van der Waals surface area contributed by atoms with Crippen LogP contribution in [-0.2, 0) is 4.79 Å². The van der Waals surface area contributed by atoms with E-state index in [1.807, 2.05) is 18.7 Å². The highest BCUT2D eigenvalue weighted by molar-refractivity contribution is 7.99. The molecule has 0 aromatic rings. The number of rotatable bonds is 9. The Kier molecular flexibility index (Phi) is 5.80. The van der Waals surface area contributed by atoms with Gasteiger partial charge in [0.15, 0.2) is 0 Å². The quantitative estimate of drug-likeness (QED) is 0.625. The summed E-state index contributed by atoms with van der Waals surface area (Å²) in [5, 5.41) is 13.0. The summed E-state index contributed by atoms with van der Waals surface area (Å²) >= 11 is 1.89. The Bertz CT molecular complexity index is 256. The van der Waals surface area contributed by atoms with E-state index in [-0.39, 0.29) is 0 Å². The van der Waals surface area contributed by atoms with Gasteiger partial charge in [0.1, 0.15) is 5.54 Å². The molecule has 17 heavy (non-hydrogen) atoms. The second kappa shape index (κ2) is 6.64. The predicted octanol–water partition coefficient (Wildman–Crippen LogP) is 2.89. The summed E-state index contributed by atoms with van der Waals surface area (Å²) in [5.74, 6) is 0.420. The van der Waals surface area contributed by atoms with Gasteiger partial charge in [-0.15, -0.1) is 0 Å². The second-order valence-electron chi connectivity index (χ2n) is 5.29. The lowest BCUT2D eigenvalue weighted by molar-refractivity contribution is -0.144. The van der Waals surface area contributed by atoms with Crippen molar-refractivity contribution >= 4 is 17.7 Å². The maximum atomic E-state index is 11.4. The number of unbranched alkanes of at least 4 members (excludes halogenated alkanes) is 1. The second-order valence-corrected chi connectivity index (χ2v) is 6.84. The predicted molar refractivity (Wildman–Crippen MR) is 73.6 cm³/mol. The summed E-state index contributed by atoms with van der Waals surface area (Å²) in [6, 6.07) is 0.434. The molecule has 4 heteroatoms. The molecule has 0 aromatic heterocycles. The zero-order valence-electron chi connectivity index (χ0n) is 11.2. The molecule has 1 aliphatic rings. The van der Waals surface area contributed by atoms with Crippen molar-refractivity contribution in [3.05, 3.63) is 0 Å². The van der Waals surface area contributed by atoms with Crippen LogP contribution < -0.4 is 5.32 Å². The van der Waals surface area contributed by atoms with Crippen LogP contribution in [0.25, 0.3) is 0 Å². The van der Waals surface area contributed by atoms with Crippen LogP contribution in [0.4, 0.5) is 0 Å². The molecular weight excluding hydrogens is 234 g/mol. The highest BCUT2D eigenvalue weighted by atomic mass is 32.2. The van der Waals surface area contributed by atoms with Crippen LogP contribution in [0, 0.1) is 0 Å². The van der Waals surface area contributed by atoms with Crippen LogP contribution in [0.2, 0.25) is 0 Å². The van der Waals surface area contributed by atoms with Crippen molar-refractivity contribution in [2.24, 2.45) is 0 Å². The van der Waals surface area contributed by atoms with Gasteiger partial charge < -0.3 is 5.11 Å². The molecule has 3 nitrogen and oxygen atoms in total. The standard InChI is InChI=1S/C13H25NO2S/c1-4-5-8-17-10(2)9-13(3,12(15)16)14-11-6-7-11/h10-11,14H,4-9H2,1-3H3,(H,15,16). The third-order valence-electron chi connectivity index (χ3n) is 3.17. The minimum atomic E-state index is -0.750. The molecule has 0 heterocycles. The summed E-state index contributed by atoms with van der Waals surface area (Å²) in [4.78, 5) is 11.4. The van der Waals surface area contributed by atoms with Gasteiger partial charge in [0, 0.05) is 11.3 Å². The fourth-order valence-electron chi connectivity index (χ4n) is 1.95. The third kappa shape index (κ3) is 5.30. The molecule has 2 N–H and O–H groups in total. The van der Waals surface area contributed by atoms with E-state index in [4.69, 9.17) is 0 Å². The van der Waals surface area contributed by atoms with Gasteiger partial charge in [-0.1, -0.05) is 20.3 Å². The van der Waals surface area contributed by atoms with E-state index in [2.05, 4.69) is 19.2 Å². The van der Waals surface area contributed by atoms with Crippen LogP contribution in [0.5, 0.6) is 0 Å². The van der Waals surface area contributed by atoms with Gasteiger partial charge in [-0.05, 0) is 38.4 Å². The minimum Gasteiger partial charge on any atom is -0.480 e. The molecule has 0 bridgehead atoms. The average Bonchev–Trinajstić information content (AvgIpc) is 3.01. The van der Waals surface area contributed by atoms with Crippen molar-refractivity contribution in [1.29, 1.82) is 0 Å². The first-order chi connectivity index (χ1) is 7.98. The smallest absolute Gasteiger partial charge is 0.323 e. The monoisotopic (exact) mass is 259 g/mol. The van der Waals surface area contributed by atoms with Gasteiger partial charge in [0.2, 0.25) is 0 Å². The molecule has 2 atom stereocenters. The molecular formula is C13H25NO2S. The largest absolute Gasteiger partial charge is 0.480 e. The lowest BCUT2D eigenvalue weighted by atomic mass is 9.96. The number of hydrogen-bond acceptors (Lipinski definition) is 3. The summed E-state index contributed by atoms with van der Waals surface area (Å²) in [6.07, 6.45) is 5.37. The first kappa shape index (κ1) is 14.8. The molecule has 1 saturated carbocycles. The van der Waals surface area contributed by atoms with Gasteiger partial charge in [-0.25, -0.2) is 0 Å². The van der Waals surface area contributed by atoms with Crippen molar-refractivity contribution in [2.75, 3.05) is 5.75 Å². The topological polar surface area (TPSA) is 49.3 Å². The zero-order chi connectivity index (χ0) is 12.9. The number of aliphatic carboxylic acids is 1. The van der Waals surface area contributed by atoms with E-state index in [1.165, 1.54) is 12.8 Å². The molecule has 0 spiro atoms. The van der Waals surface area contributed by atoms with E-state index in [1.54, 1.807) is 0 Å². The molecule has 1 aliphatic carbocycles. The molecule has 0 amide bonds. The summed E-state index contributed by atoms with van der Waals surface area (Å²) in [6.45, 7) is 6.14. The van der Waals surface area contributed by atoms with E-state index >= 15 is 0 Å². The molecule has 100 valence electrons. The lowest BCUT2D eigenvalue weighted by Crippen LogP contribution is -2.52. The third-order valence-corrected chi connectivity index (χ3v) is 4.43. The number of carbonyl (C=O) groups is 1. The van der Waals surface area contributed by atoms with E-state index in [9.17, 15) is 9.90 Å². The summed E-state index contributed by atoms with van der Waals surface area (Å²) in [5.41, 5.74) is -0.750. The molecule has 2 unspecified atom stereocenters. The molecule has 1 fully saturated rings. The van der Waals surface area contributed by atoms with E-state index in [0.717, 1.165) is 18.6 Å². The Balaban J connectivity index is 2.38. The molecule has 0 radical (unpaired) electrons. The van der Waals surface area contributed by atoms with Crippen molar-refractivity contribution in [1.82, 2.24) is 5.32 Å². The number of carboxylic acids is 1. The SMILES string of the molecule is CCCCSC(C)CC(C)(NC1CC1)C(=O)O. The fraction of sp³-hybridized carbons (Fsp3) is 0.923. The Morgan fingerprint density at radius 3 is 2.71 bits per heavy atom. The fourth-order valence-corrected chi connectivity index (χ4v) is 3.26. The Labute approximate surface area is 109 Å². The maximum absolute atomic E-state index is 11.4. The Morgan fingerprint density at radius 2 is 2.24 bits per heavy atom. The lowest BCUT2D eigenvalue weighted by Gasteiger charge is -2.29. The van der Waals surface area contributed by atoms with Gasteiger partial charge in [-0.3, -0.25) is 10.1 Å². The number of hydrogen-bond donors (Lipinski definition) is 2. The average molecular weight is 259 g/mol. The van der Waals surface area contributed by atoms with Crippen molar-refractivity contribution in [3.63, 3.8) is 0 Å². The van der Waals surface area contributed by atoms with Crippen LogP contribution in [0.3, 0.4) is 0 Å². The first-order valence-corrected chi connectivity index (χ1v) is 7.65. The Morgan fingerprint density at radius 1 is 1.59 bits per heavy atom. The van der Waals surface area contributed by atoms with Gasteiger partial charge in [0.25, 0.3) is 0 Å².